The van der Waals surface area contributed by atoms with Gasteiger partial charge in [-0.15, -0.1) is 0 Å². The number of carbonyl (C=O) groups excluding carboxylic acids is 1. The van der Waals surface area contributed by atoms with Gasteiger partial charge < -0.3 is 10.3 Å². The van der Waals surface area contributed by atoms with Crippen molar-refractivity contribution in [3.05, 3.63) is 76.0 Å². The minimum absolute atomic E-state index is 0.269. The number of aromatic amines is 1. The zero-order valence-corrected chi connectivity index (χ0v) is 15.8. The lowest BCUT2D eigenvalue weighted by molar-refractivity contribution is 0.102. The summed E-state index contributed by atoms with van der Waals surface area (Å²) in [5.41, 5.74) is 4.28. The summed E-state index contributed by atoms with van der Waals surface area (Å²) in [4.78, 5) is 24.4. The van der Waals surface area contributed by atoms with Crippen LogP contribution in [-0.4, -0.2) is 20.9 Å². The molecule has 0 radical (unpaired) electrons. The van der Waals surface area contributed by atoms with E-state index in [4.69, 9.17) is 23.2 Å². The Morgan fingerprint density at radius 3 is 2.70 bits per heavy atom. The number of para-hydroxylation sites is 2. The Morgan fingerprint density at radius 1 is 1.11 bits per heavy atom. The summed E-state index contributed by atoms with van der Waals surface area (Å²) in [6, 6.07) is 14.6. The molecule has 27 heavy (non-hydrogen) atoms. The average molecular weight is 397 g/mol. The van der Waals surface area contributed by atoms with E-state index in [1.165, 1.54) is 6.20 Å². The van der Waals surface area contributed by atoms with Crippen LogP contribution in [0.4, 0.5) is 5.69 Å². The molecule has 7 heteroatoms. The summed E-state index contributed by atoms with van der Waals surface area (Å²) < 4.78 is 0. The molecule has 2 aromatic carbocycles. The highest BCUT2D eigenvalue weighted by Crippen LogP contribution is 2.30. The zero-order valence-electron chi connectivity index (χ0n) is 14.3. The van der Waals surface area contributed by atoms with Crippen molar-refractivity contribution >= 4 is 45.8 Å². The number of pyridine rings is 1. The molecular formula is C20H14Cl2N4O. The van der Waals surface area contributed by atoms with E-state index in [1.54, 1.807) is 24.3 Å². The van der Waals surface area contributed by atoms with E-state index in [1.807, 2.05) is 31.2 Å². The maximum absolute atomic E-state index is 12.6. The van der Waals surface area contributed by atoms with Crippen molar-refractivity contribution in [2.24, 2.45) is 0 Å². The normalized spacial score (nSPS) is 10.9. The van der Waals surface area contributed by atoms with E-state index in [0.29, 0.717) is 32.8 Å². The second-order valence-electron chi connectivity index (χ2n) is 6.07. The lowest BCUT2D eigenvalue weighted by Crippen LogP contribution is -2.13. The third kappa shape index (κ3) is 3.52. The van der Waals surface area contributed by atoms with Gasteiger partial charge in [-0.25, -0.2) is 9.97 Å². The molecule has 2 N–H and O–H groups in total. The van der Waals surface area contributed by atoms with Crippen molar-refractivity contribution in [1.29, 1.82) is 0 Å². The number of carbonyl (C=O) groups is 1. The molecule has 0 saturated heterocycles. The van der Waals surface area contributed by atoms with Crippen molar-refractivity contribution in [1.82, 2.24) is 15.0 Å². The van der Waals surface area contributed by atoms with Gasteiger partial charge >= 0.3 is 0 Å². The average Bonchev–Trinajstić information content (AvgIpc) is 3.07. The van der Waals surface area contributed by atoms with Crippen LogP contribution in [0.5, 0.6) is 0 Å². The van der Waals surface area contributed by atoms with E-state index < -0.39 is 0 Å². The number of aryl methyl sites for hydroxylation is 1. The molecule has 1 amide bonds. The highest BCUT2D eigenvalue weighted by molar-refractivity contribution is 6.33. The highest BCUT2D eigenvalue weighted by atomic mass is 35.5. The van der Waals surface area contributed by atoms with Crippen LogP contribution in [0.3, 0.4) is 0 Å². The molecule has 0 aliphatic carbocycles. The fraction of sp³-hybridized carbons (Fsp3) is 0.0500. The maximum atomic E-state index is 12.6. The second-order valence-corrected chi connectivity index (χ2v) is 6.87. The fourth-order valence-electron chi connectivity index (χ4n) is 2.82. The first-order valence-corrected chi connectivity index (χ1v) is 8.95. The van der Waals surface area contributed by atoms with Crippen LogP contribution in [-0.2, 0) is 0 Å². The molecule has 0 atom stereocenters. The van der Waals surface area contributed by atoms with Crippen LogP contribution in [0.1, 0.15) is 15.9 Å². The summed E-state index contributed by atoms with van der Waals surface area (Å²) in [6.07, 6.45) is 1.46. The summed E-state index contributed by atoms with van der Waals surface area (Å²) >= 11 is 12.2. The predicted octanol–water partition coefficient (Wildman–Crippen LogP) is 5.49. The topological polar surface area (TPSA) is 70.7 Å². The minimum Gasteiger partial charge on any atom is -0.338 e. The van der Waals surface area contributed by atoms with Gasteiger partial charge in [-0.1, -0.05) is 35.3 Å². The number of hydrogen-bond acceptors (Lipinski definition) is 3. The SMILES string of the molecule is Cc1cc(Cl)ncc1C(=O)Nc1ccc(Cl)c(-c2nc3ccccc3[nH]2)c1. The number of fused-ring (bicyclic) bond motifs is 1. The quantitative estimate of drug-likeness (QED) is 0.449. The van der Waals surface area contributed by atoms with Crippen molar-refractivity contribution in [3.63, 3.8) is 0 Å². The van der Waals surface area contributed by atoms with Gasteiger partial charge in [0.2, 0.25) is 0 Å². The standard InChI is InChI=1S/C20H14Cl2N4O/c1-11-8-18(22)23-10-14(11)20(27)24-12-6-7-15(21)13(9-12)19-25-16-4-2-3-5-17(16)26-19/h2-10H,1H3,(H,24,27)(H,25,26). The lowest BCUT2D eigenvalue weighted by atomic mass is 10.1. The number of rotatable bonds is 3. The molecule has 0 fully saturated rings. The molecule has 0 spiro atoms. The number of halogens is 2. The van der Waals surface area contributed by atoms with E-state index in [0.717, 1.165) is 16.6 Å². The smallest absolute Gasteiger partial charge is 0.257 e. The van der Waals surface area contributed by atoms with Gasteiger partial charge in [-0.2, -0.15) is 0 Å². The Labute approximate surface area is 165 Å². The van der Waals surface area contributed by atoms with Gasteiger partial charge in [-0.3, -0.25) is 4.79 Å². The molecular weight excluding hydrogens is 383 g/mol. The summed E-state index contributed by atoms with van der Waals surface area (Å²) in [5, 5.41) is 3.76. The summed E-state index contributed by atoms with van der Waals surface area (Å²) in [7, 11) is 0. The number of H-pyrrole nitrogens is 1. The Hall–Kier alpha value is -2.89. The molecule has 2 heterocycles. The number of imidazole rings is 1. The van der Waals surface area contributed by atoms with Gasteiger partial charge in [0, 0.05) is 17.4 Å². The van der Waals surface area contributed by atoms with E-state index in [2.05, 4.69) is 20.3 Å². The van der Waals surface area contributed by atoms with Gasteiger partial charge in [-0.05, 0) is 48.9 Å². The third-order valence-electron chi connectivity index (χ3n) is 4.19. The van der Waals surface area contributed by atoms with Crippen LogP contribution in [0.2, 0.25) is 10.2 Å². The van der Waals surface area contributed by atoms with E-state index >= 15 is 0 Å². The number of aromatic nitrogens is 3. The monoisotopic (exact) mass is 396 g/mol. The van der Waals surface area contributed by atoms with Gasteiger partial charge in [0.25, 0.3) is 5.91 Å². The fourth-order valence-corrected chi connectivity index (χ4v) is 3.24. The Bertz CT molecular complexity index is 1140. The molecule has 4 rings (SSSR count). The molecule has 5 nitrogen and oxygen atoms in total. The number of anilines is 1. The minimum atomic E-state index is -0.269. The van der Waals surface area contributed by atoms with Gasteiger partial charge in [0.1, 0.15) is 11.0 Å². The molecule has 0 saturated carbocycles. The van der Waals surface area contributed by atoms with E-state index in [9.17, 15) is 4.79 Å². The first kappa shape index (κ1) is 17.5. The second kappa shape index (κ2) is 7.02. The predicted molar refractivity (Wildman–Crippen MR) is 108 cm³/mol. The Morgan fingerprint density at radius 2 is 1.93 bits per heavy atom. The Kier molecular flexibility index (Phi) is 4.56. The highest BCUT2D eigenvalue weighted by Gasteiger charge is 2.14. The van der Waals surface area contributed by atoms with Crippen molar-refractivity contribution < 1.29 is 4.79 Å². The Balaban J connectivity index is 1.67. The number of nitrogens with one attached hydrogen (secondary N) is 2. The molecule has 0 bridgehead atoms. The number of hydrogen-bond donors (Lipinski definition) is 2. The van der Waals surface area contributed by atoms with Gasteiger partial charge in [0.05, 0.1) is 21.6 Å². The molecule has 0 aliphatic heterocycles. The number of benzene rings is 2. The van der Waals surface area contributed by atoms with Crippen LogP contribution in [0.25, 0.3) is 22.4 Å². The molecule has 2 aromatic heterocycles. The van der Waals surface area contributed by atoms with Crippen LogP contribution in [0, 0.1) is 6.92 Å². The summed E-state index contributed by atoms with van der Waals surface area (Å²) in [5.74, 6) is 0.371. The first-order valence-electron chi connectivity index (χ1n) is 8.19. The number of nitrogens with zero attached hydrogens (tertiary/aromatic N) is 2. The first-order chi connectivity index (χ1) is 13.0. The molecule has 0 unspecified atom stereocenters. The third-order valence-corrected chi connectivity index (χ3v) is 4.73. The molecule has 0 aliphatic rings. The van der Waals surface area contributed by atoms with Crippen LogP contribution < -0.4 is 5.32 Å². The van der Waals surface area contributed by atoms with Crippen LogP contribution in [0.15, 0.2) is 54.7 Å². The molecule has 134 valence electrons. The maximum Gasteiger partial charge on any atom is 0.257 e. The van der Waals surface area contributed by atoms with Crippen molar-refractivity contribution in [3.8, 4) is 11.4 Å². The van der Waals surface area contributed by atoms with Gasteiger partial charge in [0.15, 0.2) is 0 Å². The number of amides is 1. The zero-order chi connectivity index (χ0) is 19.0. The largest absolute Gasteiger partial charge is 0.338 e. The summed E-state index contributed by atoms with van der Waals surface area (Å²) in [6.45, 7) is 1.81. The van der Waals surface area contributed by atoms with E-state index in [-0.39, 0.29) is 5.91 Å². The van der Waals surface area contributed by atoms with Crippen molar-refractivity contribution in [2.45, 2.75) is 6.92 Å². The lowest BCUT2D eigenvalue weighted by Gasteiger charge is -2.09. The molecule has 4 aromatic rings. The van der Waals surface area contributed by atoms with Crippen LogP contribution >= 0.6 is 23.2 Å². The van der Waals surface area contributed by atoms with Crippen molar-refractivity contribution in [2.75, 3.05) is 5.32 Å².